The first-order valence-corrected chi connectivity index (χ1v) is 9.27. The second-order valence-electron chi connectivity index (χ2n) is 5.66. The monoisotopic (exact) mass is 367 g/mol. The van der Waals surface area contributed by atoms with Crippen molar-refractivity contribution in [1.82, 2.24) is 10.3 Å². The van der Waals surface area contributed by atoms with Crippen molar-refractivity contribution in [3.05, 3.63) is 65.2 Å². The first-order chi connectivity index (χ1) is 12.7. The number of hydrogen-bond donors (Lipinski definition) is 2. The number of amides is 2. The average molecular weight is 367 g/mol. The number of rotatable bonds is 6. The van der Waals surface area contributed by atoms with Gasteiger partial charge in [-0.05, 0) is 38.1 Å². The minimum Gasteiger partial charge on any atom is -0.494 e. The molecule has 134 valence electrons. The topological polar surface area (TPSA) is 63.2 Å². The van der Waals surface area contributed by atoms with Gasteiger partial charge in [0.1, 0.15) is 10.8 Å². The Balaban J connectivity index is 1.57. The Morgan fingerprint density at radius 2 is 1.85 bits per heavy atom. The lowest BCUT2D eigenvalue weighted by Gasteiger charge is -2.08. The number of hydrogen-bond acceptors (Lipinski definition) is 4. The maximum Gasteiger partial charge on any atom is 0.319 e. The number of benzene rings is 2. The van der Waals surface area contributed by atoms with E-state index in [1.807, 2.05) is 68.4 Å². The summed E-state index contributed by atoms with van der Waals surface area (Å²) >= 11 is 1.60. The van der Waals surface area contributed by atoms with Gasteiger partial charge in [-0.3, -0.25) is 0 Å². The van der Waals surface area contributed by atoms with Crippen LogP contribution in [0.4, 0.5) is 10.5 Å². The van der Waals surface area contributed by atoms with Crippen molar-refractivity contribution >= 4 is 23.1 Å². The summed E-state index contributed by atoms with van der Waals surface area (Å²) in [6.45, 7) is 4.96. The SMILES string of the molecule is CCOc1ccc(NC(=O)NCc2sc(-c3ccccc3)nc2C)cc1. The van der Waals surface area contributed by atoms with Crippen LogP contribution in [0.25, 0.3) is 10.6 Å². The molecule has 0 bridgehead atoms. The summed E-state index contributed by atoms with van der Waals surface area (Å²) in [5.74, 6) is 0.784. The molecule has 3 rings (SSSR count). The molecule has 0 spiro atoms. The zero-order chi connectivity index (χ0) is 18.4. The van der Waals surface area contributed by atoms with Gasteiger partial charge in [0.2, 0.25) is 0 Å². The molecule has 0 saturated carbocycles. The third-order valence-electron chi connectivity index (χ3n) is 3.75. The summed E-state index contributed by atoms with van der Waals surface area (Å²) < 4.78 is 5.39. The van der Waals surface area contributed by atoms with Gasteiger partial charge in [0.05, 0.1) is 18.8 Å². The van der Waals surface area contributed by atoms with Gasteiger partial charge in [-0.2, -0.15) is 0 Å². The van der Waals surface area contributed by atoms with Gasteiger partial charge in [0, 0.05) is 16.1 Å². The van der Waals surface area contributed by atoms with Crippen LogP contribution in [0.1, 0.15) is 17.5 Å². The maximum atomic E-state index is 12.1. The molecular weight excluding hydrogens is 346 g/mol. The summed E-state index contributed by atoms with van der Waals surface area (Å²) in [4.78, 5) is 17.8. The van der Waals surface area contributed by atoms with Crippen LogP contribution in [-0.4, -0.2) is 17.6 Å². The first kappa shape index (κ1) is 17.9. The molecule has 0 aliphatic heterocycles. The Morgan fingerprint density at radius 1 is 1.12 bits per heavy atom. The summed E-state index contributed by atoms with van der Waals surface area (Å²) in [5.41, 5.74) is 2.75. The number of thiazole rings is 1. The largest absolute Gasteiger partial charge is 0.494 e. The van der Waals surface area contributed by atoms with Crippen molar-refractivity contribution in [2.45, 2.75) is 20.4 Å². The Morgan fingerprint density at radius 3 is 2.54 bits per heavy atom. The minimum atomic E-state index is -0.247. The number of aromatic nitrogens is 1. The van der Waals surface area contributed by atoms with Crippen LogP contribution in [0, 0.1) is 6.92 Å². The molecule has 1 heterocycles. The molecule has 0 unspecified atom stereocenters. The Bertz CT molecular complexity index is 861. The number of aryl methyl sites for hydroxylation is 1. The van der Waals surface area contributed by atoms with E-state index in [1.54, 1.807) is 11.3 Å². The lowest BCUT2D eigenvalue weighted by molar-refractivity contribution is 0.252. The molecule has 0 radical (unpaired) electrons. The number of urea groups is 1. The normalized spacial score (nSPS) is 10.4. The lowest BCUT2D eigenvalue weighted by Crippen LogP contribution is -2.28. The van der Waals surface area contributed by atoms with E-state index in [9.17, 15) is 4.79 Å². The minimum absolute atomic E-state index is 0.247. The van der Waals surface area contributed by atoms with Crippen LogP contribution >= 0.6 is 11.3 Å². The van der Waals surface area contributed by atoms with Gasteiger partial charge in [-0.25, -0.2) is 9.78 Å². The van der Waals surface area contributed by atoms with E-state index in [-0.39, 0.29) is 6.03 Å². The molecule has 2 amide bonds. The van der Waals surface area contributed by atoms with E-state index in [0.717, 1.165) is 32.6 Å². The van der Waals surface area contributed by atoms with E-state index in [4.69, 9.17) is 4.74 Å². The van der Waals surface area contributed by atoms with Crippen LogP contribution < -0.4 is 15.4 Å². The van der Waals surface area contributed by atoms with Crippen molar-refractivity contribution in [3.63, 3.8) is 0 Å². The molecule has 0 aliphatic rings. The van der Waals surface area contributed by atoms with Crippen LogP contribution in [-0.2, 0) is 6.54 Å². The molecule has 5 nitrogen and oxygen atoms in total. The van der Waals surface area contributed by atoms with Crippen LogP contribution in [0.5, 0.6) is 5.75 Å². The Hall–Kier alpha value is -2.86. The number of ether oxygens (including phenoxy) is 1. The van der Waals surface area contributed by atoms with Crippen LogP contribution in [0.3, 0.4) is 0 Å². The van der Waals surface area contributed by atoms with Crippen molar-refractivity contribution < 1.29 is 9.53 Å². The highest BCUT2D eigenvalue weighted by Gasteiger charge is 2.10. The highest BCUT2D eigenvalue weighted by Crippen LogP contribution is 2.27. The summed E-state index contributed by atoms with van der Waals surface area (Å²) in [6, 6.07) is 17.1. The number of anilines is 1. The van der Waals surface area contributed by atoms with E-state index >= 15 is 0 Å². The Labute approximate surface area is 157 Å². The highest BCUT2D eigenvalue weighted by molar-refractivity contribution is 7.15. The molecule has 0 aliphatic carbocycles. The molecule has 3 aromatic rings. The lowest BCUT2D eigenvalue weighted by atomic mass is 10.2. The van der Waals surface area contributed by atoms with E-state index in [2.05, 4.69) is 15.6 Å². The van der Waals surface area contributed by atoms with Gasteiger partial charge in [-0.15, -0.1) is 11.3 Å². The standard InChI is InChI=1S/C20H21N3O2S/c1-3-25-17-11-9-16(10-12-17)23-20(24)21-13-18-14(2)22-19(26-18)15-7-5-4-6-8-15/h4-12H,3,13H2,1-2H3,(H2,21,23,24). The smallest absolute Gasteiger partial charge is 0.319 e. The second-order valence-corrected chi connectivity index (χ2v) is 6.74. The molecule has 6 heteroatoms. The zero-order valence-corrected chi connectivity index (χ0v) is 15.6. The number of nitrogens with zero attached hydrogens (tertiary/aromatic N) is 1. The molecular formula is C20H21N3O2S. The van der Waals surface area contributed by atoms with E-state index in [1.165, 1.54) is 0 Å². The molecule has 26 heavy (non-hydrogen) atoms. The van der Waals surface area contributed by atoms with Crippen molar-refractivity contribution in [1.29, 1.82) is 0 Å². The fourth-order valence-corrected chi connectivity index (χ4v) is 3.44. The second kappa shape index (κ2) is 8.49. The van der Waals surface area contributed by atoms with Crippen molar-refractivity contribution in [2.24, 2.45) is 0 Å². The van der Waals surface area contributed by atoms with E-state index < -0.39 is 0 Å². The predicted molar refractivity (Wildman–Crippen MR) is 106 cm³/mol. The van der Waals surface area contributed by atoms with Crippen molar-refractivity contribution in [2.75, 3.05) is 11.9 Å². The molecule has 2 aromatic carbocycles. The van der Waals surface area contributed by atoms with Gasteiger partial charge in [0.15, 0.2) is 0 Å². The number of carbonyl (C=O) groups is 1. The Kier molecular flexibility index (Phi) is 5.86. The number of carbonyl (C=O) groups excluding carboxylic acids is 1. The third kappa shape index (κ3) is 4.61. The highest BCUT2D eigenvalue weighted by atomic mass is 32.1. The summed E-state index contributed by atoms with van der Waals surface area (Å²) in [7, 11) is 0. The van der Waals surface area contributed by atoms with Gasteiger partial charge >= 0.3 is 6.03 Å². The molecule has 0 saturated heterocycles. The molecule has 1 aromatic heterocycles. The fraction of sp³-hybridized carbons (Fsp3) is 0.200. The third-order valence-corrected chi connectivity index (χ3v) is 4.95. The molecule has 2 N–H and O–H groups in total. The van der Waals surface area contributed by atoms with E-state index in [0.29, 0.717) is 13.2 Å². The molecule has 0 fully saturated rings. The summed E-state index contributed by atoms with van der Waals surface area (Å²) in [5, 5.41) is 6.66. The number of nitrogens with one attached hydrogen (secondary N) is 2. The van der Waals surface area contributed by atoms with Crippen molar-refractivity contribution in [3.8, 4) is 16.3 Å². The molecule has 0 atom stereocenters. The maximum absolute atomic E-state index is 12.1. The quantitative estimate of drug-likeness (QED) is 0.655. The first-order valence-electron chi connectivity index (χ1n) is 8.45. The predicted octanol–water partition coefficient (Wildman–Crippen LogP) is 4.84. The zero-order valence-electron chi connectivity index (χ0n) is 14.8. The van der Waals surface area contributed by atoms with Gasteiger partial charge < -0.3 is 15.4 Å². The average Bonchev–Trinajstić information content (AvgIpc) is 3.03. The van der Waals surface area contributed by atoms with Gasteiger partial charge in [0.25, 0.3) is 0 Å². The van der Waals surface area contributed by atoms with Gasteiger partial charge in [-0.1, -0.05) is 30.3 Å². The van der Waals surface area contributed by atoms with Crippen LogP contribution in [0.15, 0.2) is 54.6 Å². The summed E-state index contributed by atoms with van der Waals surface area (Å²) in [6.07, 6.45) is 0. The van der Waals surface area contributed by atoms with Crippen LogP contribution in [0.2, 0.25) is 0 Å². The fourth-order valence-electron chi connectivity index (χ4n) is 2.43.